The van der Waals surface area contributed by atoms with Crippen LogP contribution in [-0.4, -0.2) is 34.1 Å². The molecule has 0 N–H and O–H groups in total. The zero-order chi connectivity index (χ0) is 20.9. The van der Waals surface area contributed by atoms with Gasteiger partial charge in [-0.25, -0.2) is 0 Å². The molecule has 0 saturated heterocycles. The van der Waals surface area contributed by atoms with Crippen LogP contribution in [0.25, 0.3) is 22.8 Å². The fourth-order valence-corrected chi connectivity index (χ4v) is 3.12. The molecule has 0 bridgehead atoms. The molecule has 2 aromatic heterocycles. The van der Waals surface area contributed by atoms with Crippen molar-refractivity contribution in [2.75, 3.05) is 7.11 Å². The third-order valence-corrected chi connectivity index (χ3v) is 4.66. The van der Waals surface area contributed by atoms with Crippen molar-refractivity contribution in [1.82, 2.24) is 20.3 Å². The van der Waals surface area contributed by atoms with E-state index in [2.05, 4.69) is 25.1 Å². The molecular formula is C19H14F2N4O4S. The molecule has 0 atom stereocenters. The van der Waals surface area contributed by atoms with Crippen molar-refractivity contribution in [2.24, 2.45) is 0 Å². The summed E-state index contributed by atoms with van der Waals surface area (Å²) in [6, 6.07) is 13.8. The van der Waals surface area contributed by atoms with E-state index in [4.69, 9.17) is 13.7 Å². The largest absolute Gasteiger partial charge is 0.493 e. The highest BCUT2D eigenvalue weighted by Crippen LogP contribution is 2.33. The molecule has 2 heterocycles. The van der Waals surface area contributed by atoms with E-state index in [0.29, 0.717) is 28.3 Å². The maximum Gasteiger partial charge on any atom is 0.387 e. The van der Waals surface area contributed by atoms with Crippen LogP contribution in [0.5, 0.6) is 11.5 Å². The van der Waals surface area contributed by atoms with Gasteiger partial charge in [0.25, 0.3) is 5.22 Å². The van der Waals surface area contributed by atoms with Gasteiger partial charge in [-0.05, 0) is 30.3 Å². The lowest BCUT2D eigenvalue weighted by molar-refractivity contribution is -0.0512. The summed E-state index contributed by atoms with van der Waals surface area (Å²) in [6.07, 6.45) is 0. The molecule has 0 unspecified atom stereocenters. The molecule has 4 rings (SSSR count). The van der Waals surface area contributed by atoms with Crippen LogP contribution in [0.4, 0.5) is 8.78 Å². The Hall–Kier alpha value is -3.47. The van der Waals surface area contributed by atoms with Gasteiger partial charge in [-0.3, -0.25) is 0 Å². The highest BCUT2D eigenvalue weighted by molar-refractivity contribution is 7.98. The summed E-state index contributed by atoms with van der Waals surface area (Å²) in [7, 11) is 1.35. The Balaban J connectivity index is 1.43. The SMILES string of the molecule is COc1cc(-c2noc(CSc3nnc(-c4ccccc4)o3)n2)ccc1OC(F)F. The van der Waals surface area contributed by atoms with Gasteiger partial charge in [-0.1, -0.05) is 35.1 Å². The van der Waals surface area contributed by atoms with Gasteiger partial charge in [0.05, 0.1) is 12.9 Å². The van der Waals surface area contributed by atoms with Crippen LogP contribution in [-0.2, 0) is 5.75 Å². The zero-order valence-electron chi connectivity index (χ0n) is 15.5. The molecule has 0 aliphatic heterocycles. The lowest BCUT2D eigenvalue weighted by Crippen LogP contribution is -2.03. The van der Waals surface area contributed by atoms with E-state index < -0.39 is 6.61 Å². The van der Waals surface area contributed by atoms with Crippen molar-refractivity contribution in [1.29, 1.82) is 0 Å². The van der Waals surface area contributed by atoms with E-state index >= 15 is 0 Å². The Bertz CT molecular complexity index is 1120. The van der Waals surface area contributed by atoms with E-state index in [9.17, 15) is 8.78 Å². The number of alkyl halides is 2. The predicted octanol–water partition coefficient (Wildman–Crippen LogP) is 4.69. The lowest BCUT2D eigenvalue weighted by atomic mass is 10.2. The number of ether oxygens (including phenoxy) is 2. The number of benzene rings is 2. The molecule has 0 aliphatic rings. The highest BCUT2D eigenvalue weighted by atomic mass is 32.2. The van der Waals surface area contributed by atoms with Gasteiger partial charge in [-0.15, -0.1) is 10.2 Å². The minimum Gasteiger partial charge on any atom is -0.493 e. The first-order valence-electron chi connectivity index (χ1n) is 8.60. The molecule has 11 heteroatoms. The number of rotatable bonds is 8. The second-order valence-corrected chi connectivity index (χ2v) is 6.71. The number of aromatic nitrogens is 4. The quantitative estimate of drug-likeness (QED) is 0.367. The average molecular weight is 432 g/mol. The molecule has 0 aliphatic carbocycles. The monoisotopic (exact) mass is 432 g/mol. The molecule has 0 radical (unpaired) electrons. The molecular weight excluding hydrogens is 418 g/mol. The molecule has 0 fully saturated rings. The summed E-state index contributed by atoms with van der Waals surface area (Å²) in [5.74, 6) is 1.40. The summed E-state index contributed by atoms with van der Waals surface area (Å²) < 4.78 is 45.2. The number of thioether (sulfide) groups is 1. The molecule has 0 saturated carbocycles. The smallest absolute Gasteiger partial charge is 0.387 e. The van der Waals surface area contributed by atoms with Crippen LogP contribution in [0.1, 0.15) is 5.89 Å². The number of methoxy groups -OCH3 is 1. The van der Waals surface area contributed by atoms with Crippen LogP contribution in [0.2, 0.25) is 0 Å². The first kappa shape index (κ1) is 19.8. The van der Waals surface area contributed by atoms with Crippen LogP contribution in [0.3, 0.4) is 0 Å². The van der Waals surface area contributed by atoms with Gasteiger partial charge in [0.1, 0.15) is 0 Å². The van der Waals surface area contributed by atoms with Gasteiger partial charge in [0.15, 0.2) is 11.5 Å². The van der Waals surface area contributed by atoms with Gasteiger partial charge in [-0.2, -0.15) is 13.8 Å². The normalized spacial score (nSPS) is 11.1. The Morgan fingerprint density at radius 2 is 1.87 bits per heavy atom. The van der Waals surface area contributed by atoms with E-state index in [-0.39, 0.29) is 17.3 Å². The van der Waals surface area contributed by atoms with Crippen LogP contribution in [0, 0.1) is 0 Å². The van der Waals surface area contributed by atoms with Gasteiger partial charge >= 0.3 is 6.61 Å². The highest BCUT2D eigenvalue weighted by Gasteiger charge is 2.16. The fraction of sp³-hybridized carbons (Fsp3) is 0.158. The van der Waals surface area contributed by atoms with Crippen molar-refractivity contribution in [3.05, 3.63) is 54.4 Å². The molecule has 0 amide bonds. The van der Waals surface area contributed by atoms with E-state index in [1.165, 1.54) is 37.1 Å². The topological polar surface area (TPSA) is 96.3 Å². The molecule has 30 heavy (non-hydrogen) atoms. The Morgan fingerprint density at radius 3 is 2.63 bits per heavy atom. The van der Waals surface area contributed by atoms with E-state index in [1.807, 2.05) is 30.3 Å². The Morgan fingerprint density at radius 1 is 1.03 bits per heavy atom. The van der Waals surface area contributed by atoms with Crippen molar-refractivity contribution in [3.63, 3.8) is 0 Å². The molecule has 2 aromatic carbocycles. The third-order valence-electron chi connectivity index (χ3n) is 3.85. The second-order valence-electron chi connectivity index (χ2n) is 5.78. The first-order valence-corrected chi connectivity index (χ1v) is 9.58. The molecule has 4 aromatic rings. The number of hydrogen-bond acceptors (Lipinski definition) is 9. The van der Waals surface area contributed by atoms with E-state index in [1.54, 1.807) is 0 Å². The van der Waals surface area contributed by atoms with Crippen molar-refractivity contribution >= 4 is 11.8 Å². The van der Waals surface area contributed by atoms with Crippen molar-refractivity contribution < 1.29 is 27.2 Å². The number of nitrogens with zero attached hydrogens (tertiary/aromatic N) is 4. The second kappa shape index (κ2) is 8.91. The predicted molar refractivity (Wildman–Crippen MR) is 102 cm³/mol. The van der Waals surface area contributed by atoms with Crippen LogP contribution < -0.4 is 9.47 Å². The fourth-order valence-electron chi connectivity index (χ4n) is 2.52. The maximum atomic E-state index is 12.4. The first-order chi connectivity index (χ1) is 14.6. The molecule has 0 spiro atoms. The average Bonchev–Trinajstić information content (AvgIpc) is 3.42. The van der Waals surface area contributed by atoms with Gasteiger partial charge in [0, 0.05) is 11.1 Å². The lowest BCUT2D eigenvalue weighted by Gasteiger charge is -2.10. The third kappa shape index (κ3) is 4.57. The summed E-state index contributed by atoms with van der Waals surface area (Å²) in [4.78, 5) is 4.29. The molecule has 8 nitrogen and oxygen atoms in total. The van der Waals surface area contributed by atoms with Gasteiger partial charge in [0.2, 0.25) is 17.6 Å². The summed E-state index contributed by atoms with van der Waals surface area (Å²) in [5.41, 5.74) is 1.35. The van der Waals surface area contributed by atoms with Crippen LogP contribution >= 0.6 is 11.8 Å². The van der Waals surface area contributed by atoms with Crippen molar-refractivity contribution in [2.45, 2.75) is 17.6 Å². The summed E-state index contributed by atoms with van der Waals surface area (Å²) in [5, 5.41) is 12.3. The minimum atomic E-state index is -2.95. The zero-order valence-corrected chi connectivity index (χ0v) is 16.3. The van der Waals surface area contributed by atoms with Crippen molar-refractivity contribution in [3.8, 4) is 34.3 Å². The standard InChI is InChI=1S/C19H14F2N4O4S/c1-26-14-9-12(7-8-13(14)27-18(20)21)16-22-15(29-25-16)10-30-19-24-23-17(28-19)11-5-3-2-4-6-11/h2-9,18H,10H2,1H3. The Kier molecular flexibility index (Phi) is 5.89. The van der Waals surface area contributed by atoms with Gasteiger partial charge < -0.3 is 18.4 Å². The maximum absolute atomic E-state index is 12.4. The minimum absolute atomic E-state index is 0.0823. The van der Waals surface area contributed by atoms with E-state index in [0.717, 1.165) is 5.56 Å². The summed E-state index contributed by atoms with van der Waals surface area (Å²) >= 11 is 1.25. The number of halogens is 2. The molecule has 154 valence electrons. The van der Waals surface area contributed by atoms with Crippen LogP contribution in [0.15, 0.2) is 62.7 Å². The summed E-state index contributed by atoms with van der Waals surface area (Å²) in [6.45, 7) is -2.95. The number of hydrogen-bond donors (Lipinski definition) is 0. The Labute approximate surface area is 173 Å².